The zero-order valence-electron chi connectivity index (χ0n) is 10.1. The summed E-state index contributed by atoms with van der Waals surface area (Å²) in [7, 11) is -2.92. The summed E-state index contributed by atoms with van der Waals surface area (Å²) >= 11 is 0. The standard InChI is InChI=1S/C10H19NO4S.ClH/c1-7(2)5-9(10(12)13)11-8-3-4-16(14,15)6-8;/h7-9,11H,3-6H2,1-2H3,(H,12,13);1H. The van der Waals surface area contributed by atoms with Gasteiger partial charge in [0, 0.05) is 12.8 Å². The molecule has 0 radical (unpaired) electrons. The molecule has 2 unspecified atom stereocenters. The van der Waals surface area contributed by atoms with Gasteiger partial charge in [-0.15, -0.1) is 0 Å². The number of carbonyl (C=O) groups is 1. The average molecular weight is 286 g/mol. The fourth-order valence-electron chi connectivity index (χ4n) is 2.07. The maximum atomic E-state index is 11.2. The molecule has 1 saturated heterocycles. The normalized spacial score (nSPS) is 24.3. The largest absolute Gasteiger partial charge is 1.00 e. The topological polar surface area (TPSA) is 88.0 Å². The number of aliphatic carboxylic acids is 1. The molecule has 0 spiro atoms. The molecule has 2 atom stereocenters. The van der Waals surface area contributed by atoms with Crippen LogP contribution in [-0.2, 0) is 14.6 Å². The molecular formula is C10H20ClNO4S. The summed E-state index contributed by atoms with van der Waals surface area (Å²) in [5.41, 5.74) is 0. The van der Waals surface area contributed by atoms with Crippen LogP contribution in [0.2, 0.25) is 0 Å². The van der Waals surface area contributed by atoms with Crippen LogP contribution < -0.4 is 17.7 Å². The molecule has 0 saturated carbocycles. The lowest BCUT2D eigenvalue weighted by Crippen LogP contribution is -3.00. The Morgan fingerprint density at radius 2 is 2.06 bits per heavy atom. The molecule has 1 fully saturated rings. The van der Waals surface area contributed by atoms with Crippen LogP contribution in [-0.4, -0.2) is 43.1 Å². The molecule has 1 rings (SSSR count). The van der Waals surface area contributed by atoms with Gasteiger partial charge in [0.05, 0.1) is 5.75 Å². The number of sulfone groups is 1. The zero-order valence-corrected chi connectivity index (χ0v) is 11.7. The van der Waals surface area contributed by atoms with E-state index in [0.29, 0.717) is 18.8 Å². The second kappa shape index (κ2) is 6.56. The smallest absolute Gasteiger partial charge is 0.362 e. The molecule has 0 aromatic heterocycles. The first-order valence-electron chi connectivity index (χ1n) is 5.58. The van der Waals surface area contributed by atoms with Gasteiger partial charge in [0.25, 0.3) is 0 Å². The first kappa shape index (κ1) is 16.7. The number of nitrogens with two attached hydrogens (primary N) is 1. The van der Waals surface area contributed by atoms with Crippen LogP contribution in [0.5, 0.6) is 0 Å². The Labute approximate surface area is 108 Å². The lowest BCUT2D eigenvalue weighted by atomic mass is 10.0. The van der Waals surface area contributed by atoms with Gasteiger partial charge in [-0.05, 0) is 5.92 Å². The van der Waals surface area contributed by atoms with Crippen molar-refractivity contribution >= 4 is 15.8 Å². The molecule has 7 heteroatoms. The van der Waals surface area contributed by atoms with Gasteiger partial charge in [0.1, 0.15) is 11.8 Å². The number of carboxylic acids is 1. The van der Waals surface area contributed by atoms with E-state index in [0.717, 1.165) is 0 Å². The van der Waals surface area contributed by atoms with E-state index in [2.05, 4.69) is 0 Å². The number of hydrogen-bond donors (Lipinski definition) is 2. The Hall–Kier alpha value is -0.330. The highest BCUT2D eigenvalue weighted by Gasteiger charge is 2.34. The van der Waals surface area contributed by atoms with Gasteiger partial charge in [-0.2, -0.15) is 0 Å². The van der Waals surface area contributed by atoms with Crippen molar-refractivity contribution in [2.75, 3.05) is 11.5 Å². The van der Waals surface area contributed by atoms with Gasteiger partial charge >= 0.3 is 5.97 Å². The van der Waals surface area contributed by atoms with E-state index < -0.39 is 21.8 Å². The monoisotopic (exact) mass is 285 g/mol. The Kier molecular flexibility index (Phi) is 6.43. The minimum absolute atomic E-state index is 0. The van der Waals surface area contributed by atoms with E-state index >= 15 is 0 Å². The summed E-state index contributed by atoms with van der Waals surface area (Å²) in [5, 5.41) is 10.7. The van der Waals surface area contributed by atoms with Gasteiger partial charge in [0.2, 0.25) is 0 Å². The Morgan fingerprint density at radius 3 is 2.41 bits per heavy atom. The number of carboxylic acid groups (broad SMARTS) is 1. The van der Waals surface area contributed by atoms with Crippen molar-refractivity contribution in [1.29, 1.82) is 0 Å². The molecule has 102 valence electrons. The predicted octanol–water partition coefficient (Wildman–Crippen LogP) is -3.76. The van der Waals surface area contributed by atoms with E-state index in [1.54, 1.807) is 5.32 Å². The van der Waals surface area contributed by atoms with Crippen molar-refractivity contribution in [2.24, 2.45) is 5.92 Å². The molecule has 17 heavy (non-hydrogen) atoms. The quantitative estimate of drug-likeness (QED) is 0.543. The first-order chi connectivity index (χ1) is 7.30. The lowest BCUT2D eigenvalue weighted by Gasteiger charge is -2.16. The van der Waals surface area contributed by atoms with Crippen molar-refractivity contribution in [3.63, 3.8) is 0 Å². The third-order valence-electron chi connectivity index (χ3n) is 2.81. The molecule has 1 heterocycles. The van der Waals surface area contributed by atoms with E-state index in [1.807, 2.05) is 13.8 Å². The summed E-state index contributed by atoms with van der Waals surface area (Å²) in [5.74, 6) is -0.231. The van der Waals surface area contributed by atoms with E-state index in [-0.39, 0.29) is 30.0 Å². The number of quaternary nitrogens is 1. The van der Waals surface area contributed by atoms with Gasteiger partial charge in [-0.3, -0.25) is 0 Å². The maximum absolute atomic E-state index is 11.2. The highest BCUT2D eigenvalue weighted by molar-refractivity contribution is 7.91. The van der Waals surface area contributed by atoms with Gasteiger partial charge in [0.15, 0.2) is 15.9 Å². The van der Waals surface area contributed by atoms with Crippen LogP contribution in [0.4, 0.5) is 0 Å². The van der Waals surface area contributed by atoms with E-state index in [1.165, 1.54) is 0 Å². The molecule has 5 nitrogen and oxygen atoms in total. The van der Waals surface area contributed by atoms with Crippen LogP contribution >= 0.6 is 0 Å². The van der Waals surface area contributed by atoms with Crippen LogP contribution in [0.3, 0.4) is 0 Å². The van der Waals surface area contributed by atoms with Crippen molar-refractivity contribution in [2.45, 2.75) is 38.8 Å². The molecule has 0 aliphatic carbocycles. The van der Waals surface area contributed by atoms with Crippen molar-refractivity contribution < 1.29 is 36.0 Å². The molecule has 1 aliphatic rings. The Morgan fingerprint density at radius 1 is 1.47 bits per heavy atom. The van der Waals surface area contributed by atoms with E-state index in [4.69, 9.17) is 5.11 Å². The molecule has 1 aliphatic heterocycles. The molecule has 0 amide bonds. The fraction of sp³-hybridized carbons (Fsp3) is 0.900. The van der Waals surface area contributed by atoms with Crippen LogP contribution in [0.25, 0.3) is 0 Å². The summed E-state index contributed by atoms with van der Waals surface area (Å²) < 4.78 is 22.5. The maximum Gasteiger partial charge on any atom is 0.362 e. The third kappa shape index (κ3) is 5.70. The predicted molar refractivity (Wildman–Crippen MR) is 59.9 cm³/mol. The number of rotatable bonds is 5. The van der Waals surface area contributed by atoms with E-state index in [9.17, 15) is 13.2 Å². The van der Waals surface area contributed by atoms with Gasteiger partial charge < -0.3 is 22.8 Å². The van der Waals surface area contributed by atoms with Crippen molar-refractivity contribution in [3.8, 4) is 0 Å². The molecule has 3 N–H and O–H groups in total. The van der Waals surface area contributed by atoms with Crippen LogP contribution in [0, 0.1) is 5.92 Å². The third-order valence-corrected chi connectivity index (χ3v) is 4.61. The highest BCUT2D eigenvalue weighted by atomic mass is 35.5. The number of halogens is 1. The summed E-state index contributed by atoms with van der Waals surface area (Å²) in [6, 6.07) is -0.594. The molecule has 0 bridgehead atoms. The second-order valence-electron chi connectivity index (χ2n) is 4.93. The minimum Gasteiger partial charge on any atom is -1.00 e. The van der Waals surface area contributed by atoms with Gasteiger partial charge in [-0.25, -0.2) is 13.2 Å². The van der Waals surface area contributed by atoms with Crippen molar-refractivity contribution in [1.82, 2.24) is 0 Å². The number of hydrogen-bond acceptors (Lipinski definition) is 3. The fourth-order valence-corrected chi connectivity index (χ4v) is 3.83. The minimum atomic E-state index is -2.92. The lowest BCUT2D eigenvalue weighted by molar-refractivity contribution is -0.707. The first-order valence-corrected chi connectivity index (χ1v) is 7.40. The molecule has 0 aromatic rings. The highest BCUT2D eigenvalue weighted by Crippen LogP contribution is 2.09. The second-order valence-corrected chi connectivity index (χ2v) is 7.16. The summed E-state index contributed by atoms with van der Waals surface area (Å²) in [4.78, 5) is 11.0. The van der Waals surface area contributed by atoms with Crippen LogP contribution in [0.1, 0.15) is 26.7 Å². The Bertz CT molecular complexity index is 355. The van der Waals surface area contributed by atoms with Crippen LogP contribution in [0.15, 0.2) is 0 Å². The van der Waals surface area contributed by atoms with Crippen molar-refractivity contribution in [3.05, 3.63) is 0 Å². The summed E-state index contributed by atoms with van der Waals surface area (Å²) in [6.45, 7) is 3.93. The zero-order chi connectivity index (χ0) is 12.3. The summed E-state index contributed by atoms with van der Waals surface area (Å²) in [6.07, 6.45) is 1.15. The Balaban J connectivity index is 0.00000256. The molecule has 0 aromatic carbocycles. The SMILES string of the molecule is CC(C)CC([NH2+]C1CCS(=O)(=O)C1)C(=O)O.[Cl-]. The molecular weight excluding hydrogens is 266 g/mol. The van der Waals surface area contributed by atoms with Gasteiger partial charge in [-0.1, -0.05) is 13.8 Å². The average Bonchev–Trinajstić information content (AvgIpc) is 2.43.